The summed E-state index contributed by atoms with van der Waals surface area (Å²) in [6, 6.07) is 3.51. The first kappa shape index (κ1) is 13.5. The third kappa shape index (κ3) is 3.11. The van der Waals surface area contributed by atoms with Gasteiger partial charge in [-0.1, -0.05) is 11.8 Å². The van der Waals surface area contributed by atoms with Gasteiger partial charge in [0.1, 0.15) is 5.82 Å². The Morgan fingerprint density at radius 2 is 2.21 bits per heavy atom. The molecule has 6 nitrogen and oxygen atoms in total. The van der Waals surface area contributed by atoms with E-state index in [-0.39, 0.29) is 5.97 Å². The van der Waals surface area contributed by atoms with Crippen LogP contribution in [0.4, 0.5) is 0 Å². The van der Waals surface area contributed by atoms with Crippen molar-refractivity contribution in [3.05, 3.63) is 35.4 Å². The van der Waals surface area contributed by atoms with E-state index in [0.717, 1.165) is 16.7 Å². The van der Waals surface area contributed by atoms with Crippen molar-refractivity contribution in [1.82, 2.24) is 19.7 Å². The summed E-state index contributed by atoms with van der Waals surface area (Å²) >= 11 is 1.55. The van der Waals surface area contributed by atoms with Gasteiger partial charge in [0.25, 0.3) is 0 Å². The van der Waals surface area contributed by atoms with Gasteiger partial charge in [0, 0.05) is 19.0 Å². The molecule has 2 aromatic rings. The molecule has 0 spiro atoms. The number of hydrogen-bond acceptors (Lipinski definition) is 6. The van der Waals surface area contributed by atoms with E-state index < -0.39 is 0 Å². The number of carbonyl (C=O) groups is 1. The maximum atomic E-state index is 11.3. The zero-order chi connectivity index (χ0) is 13.8. The van der Waals surface area contributed by atoms with Crippen LogP contribution in [0.3, 0.4) is 0 Å². The summed E-state index contributed by atoms with van der Waals surface area (Å²) < 4.78 is 6.54. The third-order valence-corrected chi connectivity index (χ3v) is 3.70. The number of thioether (sulfide) groups is 1. The minimum absolute atomic E-state index is 0.379. The van der Waals surface area contributed by atoms with Gasteiger partial charge in [0.15, 0.2) is 5.16 Å². The van der Waals surface area contributed by atoms with E-state index in [4.69, 9.17) is 0 Å². The van der Waals surface area contributed by atoms with E-state index in [0.29, 0.717) is 11.3 Å². The Hall–Kier alpha value is -1.89. The van der Waals surface area contributed by atoms with Crippen LogP contribution in [-0.4, -0.2) is 32.8 Å². The summed E-state index contributed by atoms with van der Waals surface area (Å²) in [5.41, 5.74) is 1.32. The number of pyridine rings is 1. The van der Waals surface area contributed by atoms with E-state index in [1.54, 1.807) is 17.8 Å². The molecule has 0 fully saturated rings. The lowest BCUT2D eigenvalue weighted by atomic mass is 10.2. The number of carbonyl (C=O) groups excluding carboxylic acids is 1. The van der Waals surface area contributed by atoms with Crippen LogP contribution in [0.25, 0.3) is 0 Å². The molecule has 0 N–H and O–H groups in total. The topological polar surface area (TPSA) is 69.9 Å². The highest BCUT2D eigenvalue weighted by molar-refractivity contribution is 7.98. The fraction of sp³-hybridized carbons (Fsp3) is 0.333. The number of rotatable bonds is 4. The number of esters is 1. The highest BCUT2D eigenvalue weighted by Gasteiger charge is 2.08. The Kier molecular flexibility index (Phi) is 4.16. The van der Waals surface area contributed by atoms with Crippen molar-refractivity contribution in [1.29, 1.82) is 0 Å². The molecule has 0 aliphatic rings. The van der Waals surface area contributed by atoms with Crippen LogP contribution in [0.15, 0.2) is 23.5 Å². The summed E-state index contributed by atoms with van der Waals surface area (Å²) in [6.45, 7) is 1.90. The van der Waals surface area contributed by atoms with E-state index in [9.17, 15) is 4.79 Å². The molecule has 0 saturated heterocycles. The molecule has 7 heteroatoms. The first-order chi connectivity index (χ1) is 9.11. The van der Waals surface area contributed by atoms with Gasteiger partial charge in [-0.25, -0.2) is 4.79 Å². The van der Waals surface area contributed by atoms with Crippen molar-refractivity contribution >= 4 is 17.7 Å². The number of hydrogen-bond donors (Lipinski definition) is 0. The van der Waals surface area contributed by atoms with Crippen LogP contribution in [-0.2, 0) is 17.5 Å². The fourth-order valence-corrected chi connectivity index (χ4v) is 2.27. The molecular formula is C12H14N4O2S. The largest absolute Gasteiger partial charge is 0.465 e. The fourth-order valence-electron chi connectivity index (χ4n) is 1.40. The molecule has 19 heavy (non-hydrogen) atoms. The van der Waals surface area contributed by atoms with Crippen molar-refractivity contribution in [3.63, 3.8) is 0 Å². The number of aromatic nitrogens is 4. The average molecular weight is 278 g/mol. The van der Waals surface area contributed by atoms with Crippen LogP contribution in [0, 0.1) is 6.92 Å². The van der Waals surface area contributed by atoms with Crippen LogP contribution in [0.2, 0.25) is 0 Å². The van der Waals surface area contributed by atoms with Crippen LogP contribution < -0.4 is 0 Å². The molecular weight excluding hydrogens is 264 g/mol. The molecule has 2 rings (SSSR count). The van der Waals surface area contributed by atoms with E-state index in [2.05, 4.69) is 19.9 Å². The number of methoxy groups -OCH3 is 1. The predicted molar refractivity (Wildman–Crippen MR) is 70.9 cm³/mol. The molecule has 0 aromatic carbocycles. The highest BCUT2D eigenvalue weighted by atomic mass is 32.2. The maximum absolute atomic E-state index is 11.3. The Balaban J connectivity index is 2.00. The van der Waals surface area contributed by atoms with Crippen molar-refractivity contribution in [2.45, 2.75) is 17.8 Å². The smallest absolute Gasteiger partial charge is 0.339 e. The summed E-state index contributed by atoms with van der Waals surface area (Å²) in [6.07, 6.45) is 1.52. The van der Waals surface area contributed by atoms with E-state index in [1.165, 1.54) is 13.3 Å². The Morgan fingerprint density at radius 1 is 1.42 bits per heavy atom. The molecule has 0 amide bonds. The summed E-state index contributed by atoms with van der Waals surface area (Å²) in [4.78, 5) is 15.5. The van der Waals surface area contributed by atoms with Crippen molar-refractivity contribution in [2.75, 3.05) is 7.11 Å². The Labute approximate surface area is 115 Å². The standard InChI is InChI=1S/C12H14N4O2S/c1-8-14-15-12(16(8)2)19-7-10-5-4-9(6-13-10)11(17)18-3/h4-6H,7H2,1-3H3. The average Bonchev–Trinajstić information content (AvgIpc) is 2.76. The first-order valence-corrected chi connectivity index (χ1v) is 6.62. The van der Waals surface area contributed by atoms with Crippen molar-refractivity contribution < 1.29 is 9.53 Å². The predicted octanol–water partition coefficient (Wildman–Crippen LogP) is 1.60. The first-order valence-electron chi connectivity index (χ1n) is 5.64. The molecule has 0 radical (unpaired) electrons. The molecule has 100 valence electrons. The van der Waals surface area contributed by atoms with Crippen LogP contribution >= 0.6 is 11.8 Å². The van der Waals surface area contributed by atoms with Gasteiger partial charge >= 0.3 is 5.97 Å². The second kappa shape index (κ2) is 5.83. The summed E-state index contributed by atoms with van der Waals surface area (Å²) in [5, 5.41) is 8.89. The number of nitrogens with zero attached hydrogens (tertiary/aromatic N) is 4. The lowest BCUT2D eigenvalue weighted by Crippen LogP contribution is -2.02. The molecule has 0 saturated carbocycles. The highest BCUT2D eigenvalue weighted by Crippen LogP contribution is 2.19. The molecule has 0 unspecified atom stereocenters. The van der Waals surface area contributed by atoms with E-state index >= 15 is 0 Å². The molecule has 0 aliphatic carbocycles. The normalized spacial score (nSPS) is 10.5. The molecule has 2 heterocycles. The molecule has 0 bridgehead atoms. The second-order valence-electron chi connectivity index (χ2n) is 3.91. The molecule has 0 aliphatic heterocycles. The minimum atomic E-state index is -0.379. The Morgan fingerprint density at radius 3 is 2.74 bits per heavy atom. The van der Waals surface area contributed by atoms with Gasteiger partial charge in [0.05, 0.1) is 18.4 Å². The zero-order valence-electron chi connectivity index (χ0n) is 11.0. The maximum Gasteiger partial charge on any atom is 0.339 e. The van der Waals surface area contributed by atoms with Crippen LogP contribution in [0.5, 0.6) is 0 Å². The SMILES string of the molecule is COC(=O)c1ccc(CSc2nnc(C)n2C)nc1. The number of ether oxygens (including phenoxy) is 1. The lowest BCUT2D eigenvalue weighted by molar-refractivity contribution is 0.0600. The van der Waals surface area contributed by atoms with Crippen LogP contribution in [0.1, 0.15) is 21.9 Å². The van der Waals surface area contributed by atoms with E-state index in [1.807, 2.05) is 24.6 Å². The Bertz CT molecular complexity index is 580. The third-order valence-electron chi connectivity index (χ3n) is 2.65. The lowest BCUT2D eigenvalue weighted by Gasteiger charge is -2.02. The number of aryl methyl sites for hydroxylation is 1. The van der Waals surface area contributed by atoms with Gasteiger partial charge in [-0.05, 0) is 19.1 Å². The molecule has 0 atom stereocenters. The quantitative estimate of drug-likeness (QED) is 0.625. The van der Waals surface area contributed by atoms with Gasteiger partial charge in [-0.3, -0.25) is 4.98 Å². The summed E-state index contributed by atoms with van der Waals surface area (Å²) in [5.74, 6) is 1.17. The zero-order valence-corrected chi connectivity index (χ0v) is 11.8. The van der Waals surface area contributed by atoms with Gasteiger partial charge in [-0.2, -0.15) is 0 Å². The monoisotopic (exact) mass is 278 g/mol. The minimum Gasteiger partial charge on any atom is -0.465 e. The van der Waals surface area contributed by atoms with Gasteiger partial charge < -0.3 is 9.30 Å². The molecule has 2 aromatic heterocycles. The van der Waals surface area contributed by atoms with Crippen molar-refractivity contribution in [2.24, 2.45) is 7.05 Å². The summed E-state index contributed by atoms with van der Waals surface area (Å²) in [7, 11) is 3.27. The van der Waals surface area contributed by atoms with Gasteiger partial charge in [-0.15, -0.1) is 10.2 Å². The van der Waals surface area contributed by atoms with Gasteiger partial charge in [0.2, 0.25) is 0 Å². The van der Waals surface area contributed by atoms with Crippen molar-refractivity contribution in [3.8, 4) is 0 Å². The second-order valence-corrected chi connectivity index (χ2v) is 4.85.